The summed E-state index contributed by atoms with van der Waals surface area (Å²) < 4.78 is 55.2. The average molecular weight is 599 g/mol. The molecule has 1 N–H and O–H groups in total. The summed E-state index contributed by atoms with van der Waals surface area (Å²) in [6.07, 6.45) is -1.08. The number of nitrogens with zero attached hydrogens (tertiary/aromatic N) is 5. The standard InChI is InChI=1S/C29H23ClF4N6O2/c30-19-1-3-20(4-2-19)39-17-36-27(42)28(39)9-13-38(14-10-28)26(41)24-16-25(18-7-11-35-12-8-18)40(37-24)21-5-6-22(23(31)15-21)29(32,33)34/h1-8,11-12,15-16H,9-10,13-14,17H2,(H,36,42). The van der Waals surface area contributed by atoms with Crippen molar-refractivity contribution >= 4 is 29.1 Å². The molecule has 0 atom stereocenters. The van der Waals surface area contributed by atoms with Crippen LogP contribution in [0.1, 0.15) is 28.9 Å². The first kappa shape index (κ1) is 27.7. The van der Waals surface area contributed by atoms with Crippen LogP contribution in [0.2, 0.25) is 5.02 Å². The number of hydrogen-bond acceptors (Lipinski definition) is 5. The van der Waals surface area contributed by atoms with Crippen LogP contribution in [0.25, 0.3) is 16.9 Å². The Labute approximate surface area is 242 Å². The van der Waals surface area contributed by atoms with E-state index < -0.39 is 29.0 Å². The highest BCUT2D eigenvalue weighted by molar-refractivity contribution is 6.30. The molecular weight excluding hydrogens is 576 g/mol. The Morgan fingerprint density at radius 1 is 0.952 bits per heavy atom. The molecule has 8 nitrogen and oxygen atoms in total. The van der Waals surface area contributed by atoms with E-state index in [0.717, 1.165) is 17.8 Å². The number of hydrogen-bond donors (Lipinski definition) is 1. The van der Waals surface area contributed by atoms with Gasteiger partial charge in [-0.25, -0.2) is 9.07 Å². The largest absolute Gasteiger partial charge is 0.419 e. The summed E-state index contributed by atoms with van der Waals surface area (Å²) in [7, 11) is 0. The van der Waals surface area contributed by atoms with Crippen molar-refractivity contribution in [3.05, 3.63) is 95.2 Å². The molecule has 2 fully saturated rings. The summed E-state index contributed by atoms with van der Waals surface area (Å²) in [6.45, 7) is 0.864. The molecule has 13 heteroatoms. The summed E-state index contributed by atoms with van der Waals surface area (Å²) in [5.41, 5.74) is -0.390. The molecule has 2 aromatic carbocycles. The molecule has 0 saturated carbocycles. The van der Waals surface area contributed by atoms with Gasteiger partial charge in [0.15, 0.2) is 5.69 Å². The summed E-state index contributed by atoms with van der Waals surface area (Å²) in [5.74, 6) is -1.98. The lowest BCUT2D eigenvalue weighted by molar-refractivity contribution is -0.140. The minimum Gasteiger partial charge on any atom is -0.339 e. The van der Waals surface area contributed by atoms with E-state index in [9.17, 15) is 27.2 Å². The van der Waals surface area contributed by atoms with Crippen LogP contribution in [0, 0.1) is 5.82 Å². The Hall–Kier alpha value is -4.45. The number of carbonyl (C=O) groups excluding carboxylic acids is 2. The molecule has 2 aliphatic heterocycles. The van der Waals surface area contributed by atoms with Gasteiger partial charge < -0.3 is 15.1 Å². The fourth-order valence-electron chi connectivity index (χ4n) is 5.56. The van der Waals surface area contributed by atoms with Crippen LogP contribution in [0.4, 0.5) is 23.2 Å². The van der Waals surface area contributed by atoms with Crippen molar-refractivity contribution in [1.82, 2.24) is 25.0 Å². The number of piperidine rings is 1. The van der Waals surface area contributed by atoms with Gasteiger partial charge in [0, 0.05) is 47.8 Å². The average Bonchev–Trinajstić information content (AvgIpc) is 3.56. The Bertz CT molecular complexity index is 1650. The van der Waals surface area contributed by atoms with Crippen LogP contribution < -0.4 is 10.2 Å². The van der Waals surface area contributed by atoms with E-state index in [1.165, 1.54) is 23.1 Å². The van der Waals surface area contributed by atoms with Gasteiger partial charge in [0.2, 0.25) is 5.91 Å². The number of nitrogens with one attached hydrogen (secondary N) is 1. The van der Waals surface area contributed by atoms with Crippen molar-refractivity contribution in [2.75, 3.05) is 24.7 Å². The van der Waals surface area contributed by atoms with Crippen LogP contribution >= 0.6 is 11.6 Å². The Balaban J connectivity index is 1.29. The fourth-order valence-corrected chi connectivity index (χ4v) is 5.69. The van der Waals surface area contributed by atoms with E-state index in [1.807, 2.05) is 17.0 Å². The fraction of sp³-hybridized carbons (Fsp3) is 0.241. The quantitative estimate of drug-likeness (QED) is 0.322. The predicted octanol–water partition coefficient (Wildman–Crippen LogP) is 5.31. The molecule has 1 spiro atoms. The maximum absolute atomic E-state index is 14.5. The van der Waals surface area contributed by atoms with Gasteiger partial charge in [0.05, 0.1) is 23.6 Å². The highest BCUT2D eigenvalue weighted by Crippen LogP contribution is 2.37. The van der Waals surface area contributed by atoms with Crippen molar-refractivity contribution in [3.8, 4) is 16.9 Å². The number of alkyl halides is 3. The van der Waals surface area contributed by atoms with Gasteiger partial charge in [-0.05, 0) is 67.4 Å². The van der Waals surface area contributed by atoms with Gasteiger partial charge in [-0.15, -0.1) is 0 Å². The topological polar surface area (TPSA) is 83.4 Å². The van der Waals surface area contributed by atoms with E-state index in [1.54, 1.807) is 29.2 Å². The Morgan fingerprint density at radius 3 is 2.26 bits per heavy atom. The van der Waals surface area contributed by atoms with Crippen LogP contribution in [0.15, 0.2) is 73.1 Å². The van der Waals surface area contributed by atoms with Gasteiger partial charge in [0.25, 0.3) is 5.91 Å². The minimum absolute atomic E-state index is 0.0187. The maximum Gasteiger partial charge on any atom is 0.419 e. The third-order valence-corrected chi connectivity index (χ3v) is 8.01. The van der Waals surface area contributed by atoms with Gasteiger partial charge in [-0.1, -0.05) is 11.6 Å². The second-order valence-electron chi connectivity index (χ2n) is 10.1. The number of pyridine rings is 1. The van der Waals surface area contributed by atoms with Gasteiger partial charge in [0.1, 0.15) is 11.4 Å². The second-order valence-corrected chi connectivity index (χ2v) is 10.6. The zero-order valence-corrected chi connectivity index (χ0v) is 22.7. The SMILES string of the molecule is O=C(c1cc(-c2ccncc2)n(-c2ccc(C(F)(F)F)c(F)c2)n1)N1CCC2(CC1)C(=O)NCN2c1ccc(Cl)cc1. The van der Waals surface area contributed by atoms with Crippen LogP contribution in [-0.4, -0.2) is 56.8 Å². The van der Waals surface area contributed by atoms with Crippen molar-refractivity contribution in [1.29, 1.82) is 0 Å². The number of carbonyl (C=O) groups is 2. The molecular formula is C29H23ClF4N6O2. The number of amides is 2. The first-order valence-electron chi connectivity index (χ1n) is 13.1. The smallest absolute Gasteiger partial charge is 0.339 e. The van der Waals surface area contributed by atoms with Crippen molar-refractivity contribution in [2.45, 2.75) is 24.6 Å². The van der Waals surface area contributed by atoms with E-state index >= 15 is 0 Å². The summed E-state index contributed by atoms with van der Waals surface area (Å²) in [4.78, 5) is 34.2. The highest BCUT2D eigenvalue weighted by atomic mass is 35.5. The van der Waals surface area contributed by atoms with E-state index in [2.05, 4.69) is 15.4 Å². The molecule has 216 valence electrons. The lowest BCUT2D eigenvalue weighted by atomic mass is 9.85. The molecule has 6 rings (SSSR count). The molecule has 42 heavy (non-hydrogen) atoms. The number of anilines is 1. The molecule has 0 aliphatic carbocycles. The number of benzene rings is 2. The second kappa shape index (κ2) is 10.4. The monoisotopic (exact) mass is 598 g/mol. The number of aromatic nitrogens is 3. The molecule has 0 bridgehead atoms. The Kier molecular flexibility index (Phi) is 6.88. The third-order valence-electron chi connectivity index (χ3n) is 7.76. The van der Waals surface area contributed by atoms with Gasteiger partial charge in [-0.3, -0.25) is 14.6 Å². The van der Waals surface area contributed by atoms with E-state index in [-0.39, 0.29) is 30.4 Å². The maximum atomic E-state index is 14.5. The van der Waals surface area contributed by atoms with Crippen LogP contribution in [-0.2, 0) is 11.0 Å². The first-order valence-corrected chi connectivity index (χ1v) is 13.4. The lowest BCUT2D eigenvalue weighted by Crippen LogP contribution is -2.57. The molecule has 2 aliphatic rings. The number of rotatable bonds is 4. The minimum atomic E-state index is -4.85. The Morgan fingerprint density at radius 2 is 1.62 bits per heavy atom. The molecule has 0 unspecified atom stereocenters. The normalized spacial score (nSPS) is 16.6. The van der Waals surface area contributed by atoms with E-state index in [0.29, 0.717) is 41.9 Å². The molecule has 2 aromatic heterocycles. The highest BCUT2D eigenvalue weighted by Gasteiger charge is 2.51. The van der Waals surface area contributed by atoms with Crippen molar-refractivity contribution in [3.63, 3.8) is 0 Å². The molecule has 2 amide bonds. The molecule has 0 radical (unpaired) electrons. The van der Waals surface area contributed by atoms with Gasteiger partial charge in [-0.2, -0.15) is 18.3 Å². The number of halogens is 5. The zero-order valence-electron chi connectivity index (χ0n) is 21.9. The van der Waals surface area contributed by atoms with Crippen LogP contribution in [0.3, 0.4) is 0 Å². The first-order chi connectivity index (χ1) is 20.1. The molecule has 4 heterocycles. The predicted molar refractivity (Wildman–Crippen MR) is 147 cm³/mol. The van der Waals surface area contributed by atoms with Crippen molar-refractivity contribution < 1.29 is 27.2 Å². The lowest BCUT2D eigenvalue weighted by Gasteiger charge is -2.43. The molecule has 2 saturated heterocycles. The third kappa shape index (κ3) is 4.85. The van der Waals surface area contributed by atoms with Crippen molar-refractivity contribution in [2.24, 2.45) is 0 Å². The summed E-state index contributed by atoms with van der Waals surface area (Å²) in [5, 5.41) is 7.89. The van der Waals surface area contributed by atoms with E-state index in [4.69, 9.17) is 11.6 Å². The summed E-state index contributed by atoms with van der Waals surface area (Å²) in [6, 6.07) is 14.5. The van der Waals surface area contributed by atoms with Crippen LogP contribution in [0.5, 0.6) is 0 Å². The zero-order chi connectivity index (χ0) is 29.6. The number of likely N-dealkylation sites (tertiary alicyclic amines) is 1. The van der Waals surface area contributed by atoms with Gasteiger partial charge >= 0.3 is 6.18 Å². The summed E-state index contributed by atoms with van der Waals surface area (Å²) >= 11 is 6.04. The molecule has 4 aromatic rings.